The quantitative estimate of drug-likeness (QED) is 0.447. The first-order chi connectivity index (χ1) is 3.06. The second kappa shape index (κ2) is 4.25. The first kappa shape index (κ1) is 11.2. The molecule has 0 atom stereocenters. The molecule has 0 aromatic rings. The average molecular weight is 161 g/mol. The van der Waals surface area contributed by atoms with Gasteiger partial charge in [-0.05, 0) is 6.92 Å². The molecule has 0 aliphatic carbocycles. The highest BCUT2D eigenvalue weighted by atomic mass is 35.5. The van der Waals surface area contributed by atoms with Crippen molar-refractivity contribution in [3.63, 3.8) is 0 Å². The normalized spacial score (nSPS) is 10.5. The fourth-order valence-electron chi connectivity index (χ4n) is 0.194. The van der Waals surface area contributed by atoms with Gasteiger partial charge in [0.2, 0.25) is 0 Å². The van der Waals surface area contributed by atoms with E-state index in [1.165, 1.54) is 0 Å². The lowest BCUT2D eigenvalue weighted by Gasteiger charge is -2.05. The van der Waals surface area contributed by atoms with Crippen LogP contribution in [0.1, 0.15) is 6.92 Å². The molecular weight excluding hydrogens is 152 g/mol. The summed E-state index contributed by atoms with van der Waals surface area (Å²) in [4.78, 5) is 24.1. The third-order valence-corrected chi connectivity index (χ3v) is 1.01. The topological polar surface area (TPSA) is 69.9 Å². The van der Waals surface area contributed by atoms with Gasteiger partial charge in [0.15, 0.2) is 0 Å². The molecule has 8 heavy (non-hydrogen) atoms. The van der Waals surface area contributed by atoms with E-state index >= 15 is 0 Å². The van der Waals surface area contributed by atoms with Crippen molar-refractivity contribution in [1.29, 1.82) is 0 Å². The van der Waals surface area contributed by atoms with Crippen LogP contribution in [0.25, 0.3) is 0 Å². The van der Waals surface area contributed by atoms with Gasteiger partial charge in [-0.1, -0.05) is 0 Å². The summed E-state index contributed by atoms with van der Waals surface area (Å²) in [6.07, 6.45) is 0. The van der Waals surface area contributed by atoms with Crippen molar-refractivity contribution in [2.45, 2.75) is 6.92 Å². The maximum atomic E-state index is 8.05. The fraction of sp³-hybridized carbons (Fsp3) is 1.00. The second-order valence-corrected chi connectivity index (χ2v) is 2.44. The Morgan fingerprint density at radius 2 is 1.75 bits per heavy atom. The Morgan fingerprint density at radius 3 is 1.75 bits per heavy atom. The zero-order valence-corrected chi connectivity index (χ0v) is 6.18. The van der Waals surface area contributed by atoms with Crippen LogP contribution < -0.4 is 0 Å². The Balaban J connectivity index is 0. The van der Waals surface area contributed by atoms with Crippen molar-refractivity contribution in [1.82, 2.24) is 0 Å². The van der Waals surface area contributed by atoms with Gasteiger partial charge in [-0.2, -0.15) is 0 Å². The summed E-state index contributed by atoms with van der Waals surface area (Å²) in [6, 6.07) is 0. The molecule has 0 saturated heterocycles. The van der Waals surface area contributed by atoms with Crippen LogP contribution >= 0.6 is 12.4 Å². The molecule has 4 nitrogen and oxygen atoms in total. The summed E-state index contributed by atoms with van der Waals surface area (Å²) in [5, 5.41) is 0. The predicted molar refractivity (Wildman–Crippen MR) is 31.3 cm³/mol. The molecule has 0 fully saturated rings. The Bertz CT molecular complexity index is 52.5. The van der Waals surface area contributed by atoms with Gasteiger partial charge in [0, 0.05) is 6.61 Å². The fourth-order valence-corrected chi connectivity index (χ4v) is 0.581. The van der Waals surface area contributed by atoms with Crippen molar-refractivity contribution in [2.24, 2.45) is 0 Å². The zero-order valence-electron chi connectivity index (χ0n) is 4.37. The summed E-state index contributed by atoms with van der Waals surface area (Å²) in [7, 11) is -4.16. The van der Waals surface area contributed by atoms with E-state index in [4.69, 9.17) is 14.4 Å². The molecule has 0 spiro atoms. The van der Waals surface area contributed by atoms with Gasteiger partial charge in [-0.15, -0.1) is 12.4 Å². The largest absolute Gasteiger partial charge is 0.671 e. The minimum absolute atomic E-state index is 0. The molecular formula is C2H9ClO4Si. The Labute approximate surface area is 54.6 Å². The summed E-state index contributed by atoms with van der Waals surface area (Å²) in [6.45, 7) is 1.68. The maximum absolute atomic E-state index is 8.05. The molecule has 0 rings (SSSR count). The minimum Gasteiger partial charge on any atom is -0.368 e. The van der Waals surface area contributed by atoms with Crippen molar-refractivity contribution in [3.05, 3.63) is 0 Å². The molecule has 0 bridgehead atoms. The molecule has 0 aliphatic rings. The first-order valence-corrected chi connectivity index (χ1v) is 3.62. The smallest absolute Gasteiger partial charge is 0.368 e. The van der Waals surface area contributed by atoms with Crippen LogP contribution in [0.3, 0.4) is 0 Å². The lowest BCUT2D eigenvalue weighted by atomic mass is 10.9. The van der Waals surface area contributed by atoms with E-state index in [-0.39, 0.29) is 19.0 Å². The lowest BCUT2D eigenvalue weighted by molar-refractivity contribution is 0.0687. The van der Waals surface area contributed by atoms with E-state index in [2.05, 4.69) is 4.43 Å². The highest BCUT2D eigenvalue weighted by Crippen LogP contribution is 1.85. The van der Waals surface area contributed by atoms with E-state index in [1.807, 2.05) is 0 Å². The Morgan fingerprint density at radius 1 is 1.38 bits per heavy atom. The van der Waals surface area contributed by atoms with Crippen LogP contribution in [0.2, 0.25) is 0 Å². The summed E-state index contributed by atoms with van der Waals surface area (Å²) in [5.41, 5.74) is 0. The Kier molecular flexibility index (Phi) is 5.94. The van der Waals surface area contributed by atoms with Gasteiger partial charge in [0.25, 0.3) is 0 Å². The van der Waals surface area contributed by atoms with Crippen LogP contribution in [0.5, 0.6) is 0 Å². The van der Waals surface area contributed by atoms with Gasteiger partial charge in [-0.3, -0.25) is 0 Å². The molecule has 6 heteroatoms. The van der Waals surface area contributed by atoms with E-state index < -0.39 is 9.05 Å². The molecule has 0 unspecified atom stereocenters. The second-order valence-electron chi connectivity index (χ2n) is 1.01. The highest BCUT2D eigenvalue weighted by Gasteiger charge is 2.28. The van der Waals surface area contributed by atoms with Crippen molar-refractivity contribution in [3.8, 4) is 0 Å². The molecule has 0 aliphatic heterocycles. The number of rotatable bonds is 2. The molecule has 52 valence electrons. The maximum Gasteiger partial charge on any atom is 0.671 e. The third-order valence-electron chi connectivity index (χ3n) is 0.338. The standard InChI is InChI=1S/C2H8O4Si.ClH/c1-2-6-7(3,4)5;/h3-5H,2H2,1H3;1H. The number of hydrogen-bond acceptors (Lipinski definition) is 4. The third kappa shape index (κ3) is 9.60. The number of halogens is 1. The number of hydrogen-bond donors (Lipinski definition) is 3. The minimum atomic E-state index is -4.16. The SMILES string of the molecule is CCO[Si](O)(O)O.Cl. The highest BCUT2D eigenvalue weighted by molar-refractivity contribution is 6.48. The van der Waals surface area contributed by atoms with Crippen LogP contribution in [0.4, 0.5) is 0 Å². The van der Waals surface area contributed by atoms with Crippen molar-refractivity contribution in [2.75, 3.05) is 6.61 Å². The molecule has 0 heterocycles. The average Bonchev–Trinajstić information content (AvgIpc) is 1.30. The van der Waals surface area contributed by atoms with Crippen LogP contribution in [0.15, 0.2) is 0 Å². The molecule has 0 aromatic heterocycles. The lowest BCUT2D eigenvalue weighted by Crippen LogP contribution is -2.38. The summed E-state index contributed by atoms with van der Waals surface area (Å²) >= 11 is 0. The first-order valence-electron chi connectivity index (χ1n) is 1.87. The van der Waals surface area contributed by atoms with Crippen molar-refractivity contribution >= 4 is 21.5 Å². The zero-order chi connectivity index (χ0) is 5.91. The van der Waals surface area contributed by atoms with E-state index in [9.17, 15) is 0 Å². The monoisotopic (exact) mass is 160 g/mol. The molecule has 0 saturated carbocycles. The predicted octanol–water partition coefficient (Wildman–Crippen LogP) is -1.14. The summed E-state index contributed by atoms with van der Waals surface area (Å²) < 4.78 is 4.03. The van der Waals surface area contributed by atoms with Gasteiger partial charge < -0.3 is 18.8 Å². The Hall–Kier alpha value is 0.347. The van der Waals surface area contributed by atoms with Gasteiger partial charge in [0.05, 0.1) is 0 Å². The van der Waals surface area contributed by atoms with E-state index in [0.717, 1.165) is 0 Å². The molecule has 3 N–H and O–H groups in total. The molecule has 0 amide bonds. The summed E-state index contributed by atoms with van der Waals surface area (Å²) in [5.74, 6) is 0. The molecule has 0 radical (unpaired) electrons. The van der Waals surface area contributed by atoms with E-state index in [1.54, 1.807) is 6.92 Å². The van der Waals surface area contributed by atoms with Gasteiger partial charge >= 0.3 is 9.05 Å². The van der Waals surface area contributed by atoms with E-state index in [0.29, 0.717) is 0 Å². The van der Waals surface area contributed by atoms with Crippen LogP contribution in [-0.4, -0.2) is 30.0 Å². The van der Waals surface area contributed by atoms with Crippen LogP contribution in [-0.2, 0) is 4.43 Å². The van der Waals surface area contributed by atoms with Gasteiger partial charge in [0.1, 0.15) is 0 Å². The van der Waals surface area contributed by atoms with Gasteiger partial charge in [-0.25, -0.2) is 0 Å². The van der Waals surface area contributed by atoms with Crippen molar-refractivity contribution < 1.29 is 18.8 Å². The van der Waals surface area contributed by atoms with Crippen LogP contribution in [0, 0.1) is 0 Å². The molecule has 0 aromatic carbocycles.